The summed E-state index contributed by atoms with van der Waals surface area (Å²) in [5.41, 5.74) is 1.38. The summed E-state index contributed by atoms with van der Waals surface area (Å²) in [6, 6.07) is 19.2. The van der Waals surface area contributed by atoms with Crippen LogP contribution < -0.4 is 4.90 Å². The molecular formula is C22H18N6O4S. The van der Waals surface area contributed by atoms with Gasteiger partial charge in [-0.3, -0.25) is 20.2 Å². The van der Waals surface area contributed by atoms with E-state index < -0.39 is 21.2 Å². The van der Waals surface area contributed by atoms with Crippen LogP contribution in [0, 0.1) is 26.8 Å². The first-order chi connectivity index (χ1) is 15.9. The van der Waals surface area contributed by atoms with E-state index in [0.717, 1.165) is 30.9 Å². The lowest BCUT2D eigenvalue weighted by Gasteiger charge is -2.23. The number of nitro groups is 2. The van der Waals surface area contributed by atoms with E-state index in [1.165, 1.54) is 5.56 Å². The Labute approximate surface area is 193 Å². The molecule has 0 spiro atoms. The van der Waals surface area contributed by atoms with Crippen molar-refractivity contribution in [3.8, 4) is 0 Å². The Morgan fingerprint density at radius 3 is 2.21 bits per heavy atom. The number of hydrogen-bond acceptors (Lipinski definition) is 8. The van der Waals surface area contributed by atoms with E-state index in [2.05, 4.69) is 38.4 Å². The number of rotatable bonds is 9. The molecule has 3 rings (SSSR count). The van der Waals surface area contributed by atoms with Gasteiger partial charge in [0.25, 0.3) is 5.69 Å². The second kappa shape index (κ2) is 10.8. The van der Waals surface area contributed by atoms with E-state index in [0.29, 0.717) is 17.6 Å². The molecule has 0 bridgehead atoms. The van der Waals surface area contributed by atoms with Gasteiger partial charge in [-0.15, -0.1) is 5.11 Å². The summed E-state index contributed by atoms with van der Waals surface area (Å²) < 4.78 is 3.06. The third kappa shape index (κ3) is 5.90. The monoisotopic (exact) mass is 462 g/mol. The van der Waals surface area contributed by atoms with E-state index in [4.69, 9.17) is 6.57 Å². The molecule has 0 heterocycles. The zero-order chi connectivity index (χ0) is 23.8. The highest BCUT2D eigenvalue weighted by molar-refractivity contribution is 8.01. The van der Waals surface area contributed by atoms with Crippen LogP contribution in [0.25, 0.3) is 4.25 Å². The number of nitro benzene ring substituents is 2. The van der Waals surface area contributed by atoms with Crippen LogP contribution in [0.4, 0.5) is 28.4 Å². The first-order valence-corrected chi connectivity index (χ1v) is 10.5. The van der Waals surface area contributed by atoms with Crippen molar-refractivity contribution < 1.29 is 9.85 Å². The van der Waals surface area contributed by atoms with Gasteiger partial charge in [0.15, 0.2) is 10.6 Å². The molecule has 0 aromatic heterocycles. The molecule has 33 heavy (non-hydrogen) atoms. The largest absolute Gasteiger partial charge is 0.367 e. The Balaban J connectivity index is 1.86. The van der Waals surface area contributed by atoms with Crippen molar-refractivity contribution in [3.63, 3.8) is 0 Å². The van der Waals surface area contributed by atoms with Gasteiger partial charge in [-0.05, 0) is 36.8 Å². The summed E-state index contributed by atoms with van der Waals surface area (Å²) >= 11 is 0.515. The van der Waals surface area contributed by atoms with Crippen molar-refractivity contribution in [1.82, 2.24) is 0 Å². The van der Waals surface area contributed by atoms with Gasteiger partial charge in [-0.2, -0.15) is 5.11 Å². The normalized spacial score (nSPS) is 10.7. The summed E-state index contributed by atoms with van der Waals surface area (Å²) in [6.07, 6.45) is 0. The van der Waals surface area contributed by atoms with Crippen LogP contribution in [-0.2, 0) is 6.54 Å². The lowest BCUT2D eigenvalue weighted by atomic mass is 10.2. The van der Waals surface area contributed by atoms with Crippen LogP contribution in [0.5, 0.6) is 0 Å². The standard InChI is InChI=1S/C22H18N6O4S/c1-3-26(15-16-7-5-4-6-8-16)18-11-9-17(10-12-18)24-25-19-13-22(33-23-2)21(28(31)32)14-20(19)27(29)30/h4-14H,3,15H2,1H3. The van der Waals surface area contributed by atoms with Crippen molar-refractivity contribution in [2.45, 2.75) is 18.4 Å². The number of hydrogen-bond donors (Lipinski definition) is 0. The molecule has 0 saturated carbocycles. The van der Waals surface area contributed by atoms with Gasteiger partial charge in [0, 0.05) is 24.8 Å². The second-order valence-corrected chi connectivity index (χ2v) is 7.53. The Morgan fingerprint density at radius 2 is 1.64 bits per heavy atom. The smallest absolute Gasteiger partial charge is 0.303 e. The van der Waals surface area contributed by atoms with Crippen molar-refractivity contribution in [2.75, 3.05) is 11.4 Å². The third-order valence-corrected chi connectivity index (χ3v) is 5.29. The van der Waals surface area contributed by atoms with Gasteiger partial charge in [-0.1, -0.05) is 30.3 Å². The quantitative estimate of drug-likeness (QED) is 0.112. The fourth-order valence-electron chi connectivity index (χ4n) is 3.07. The summed E-state index contributed by atoms with van der Waals surface area (Å²) in [7, 11) is 0. The lowest BCUT2D eigenvalue weighted by Crippen LogP contribution is -2.21. The Morgan fingerprint density at radius 1 is 0.970 bits per heavy atom. The van der Waals surface area contributed by atoms with E-state index in [-0.39, 0.29) is 10.6 Å². The van der Waals surface area contributed by atoms with Crippen LogP contribution in [-0.4, -0.2) is 16.4 Å². The molecule has 0 aliphatic carbocycles. The predicted octanol–water partition coefficient (Wildman–Crippen LogP) is 6.87. The SMILES string of the molecule is [C-]#[N+]Sc1cc(N=Nc2ccc(N(CC)Cc3ccccc3)cc2)c([N+](=O)[O-])cc1[N+](=O)[O-]. The van der Waals surface area contributed by atoms with E-state index in [9.17, 15) is 20.2 Å². The minimum Gasteiger partial charge on any atom is -0.367 e. The number of azo groups is 1. The predicted molar refractivity (Wildman–Crippen MR) is 126 cm³/mol. The van der Waals surface area contributed by atoms with Crippen molar-refractivity contribution in [1.29, 1.82) is 0 Å². The van der Waals surface area contributed by atoms with E-state index >= 15 is 0 Å². The van der Waals surface area contributed by atoms with Gasteiger partial charge in [0.2, 0.25) is 0 Å². The topological polar surface area (TPSA) is 119 Å². The highest BCUT2D eigenvalue weighted by Crippen LogP contribution is 2.40. The molecule has 0 aliphatic heterocycles. The van der Waals surface area contributed by atoms with Gasteiger partial charge in [0.05, 0.1) is 21.6 Å². The van der Waals surface area contributed by atoms with Gasteiger partial charge < -0.3 is 4.90 Å². The van der Waals surface area contributed by atoms with Gasteiger partial charge in [0.1, 0.15) is 0 Å². The molecule has 3 aromatic rings. The fourth-order valence-corrected chi connectivity index (χ4v) is 3.56. The highest BCUT2D eigenvalue weighted by atomic mass is 32.2. The first kappa shape index (κ1) is 23.4. The summed E-state index contributed by atoms with van der Waals surface area (Å²) in [4.78, 5) is 23.2. The zero-order valence-corrected chi connectivity index (χ0v) is 18.3. The fraction of sp³-hybridized carbons (Fsp3) is 0.136. The minimum atomic E-state index is -0.769. The Hall–Kier alpha value is -4.30. The average molecular weight is 462 g/mol. The van der Waals surface area contributed by atoms with Crippen molar-refractivity contribution in [3.05, 3.63) is 103 Å². The maximum absolute atomic E-state index is 11.4. The average Bonchev–Trinajstić information content (AvgIpc) is 2.82. The molecule has 0 saturated heterocycles. The maximum Gasteiger partial charge on any atom is 0.303 e. The number of anilines is 1. The molecule has 166 valence electrons. The molecule has 0 aliphatic rings. The lowest BCUT2D eigenvalue weighted by molar-refractivity contribution is -0.395. The Bertz CT molecular complexity index is 1230. The maximum atomic E-state index is 11.4. The number of nitrogens with zero attached hydrogens (tertiary/aromatic N) is 6. The molecule has 0 N–H and O–H groups in total. The van der Waals surface area contributed by atoms with Crippen LogP contribution in [0.15, 0.2) is 81.9 Å². The third-order valence-electron chi connectivity index (χ3n) is 4.68. The summed E-state index contributed by atoms with van der Waals surface area (Å²) in [6.45, 7) is 10.5. The van der Waals surface area contributed by atoms with Crippen LogP contribution >= 0.6 is 11.9 Å². The van der Waals surface area contributed by atoms with Crippen molar-refractivity contribution in [2.24, 2.45) is 10.2 Å². The second-order valence-electron chi connectivity index (χ2n) is 6.72. The highest BCUT2D eigenvalue weighted by Gasteiger charge is 2.27. The molecule has 0 unspecified atom stereocenters. The summed E-state index contributed by atoms with van der Waals surface area (Å²) in [5.74, 6) is 0. The van der Waals surface area contributed by atoms with Gasteiger partial charge in [-0.25, -0.2) is 10.8 Å². The molecule has 10 nitrogen and oxygen atoms in total. The minimum absolute atomic E-state index is 0.0376. The molecule has 0 fully saturated rings. The van der Waals surface area contributed by atoms with E-state index in [1.54, 1.807) is 12.1 Å². The van der Waals surface area contributed by atoms with Crippen molar-refractivity contribution >= 4 is 40.4 Å². The molecule has 0 radical (unpaired) electrons. The molecular weight excluding hydrogens is 444 g/mol. The van der Waals surface area contributed by atoms with Crippen LogP contribution in [0.1, 0.15) is 12.5 Å². The van der Waals surface area contributed by atoms with Crippen LogP contribution in [0.3, 0.4) is 0 Å². The first-order valence-electron chi connectivity index (χ1n) is 9.74. The molecule has 3 aromatic carbocycles. The van der Waals surface area contributed by atoms with E-state index in [1.807, 2.05) is 30.3 Å². The zero-order valence-electron chi connectivity index (χ0n) is 17.5. The summed E-state index contributed by atoms with van der Waals surface area (Å²) in [5, 5.41) is 30.6. The Kier molecular flexibility index (Phi) is 7.67. The van der Waals surface area contributed by atoms with Crippen LogP contribution in [0.2, 0.25) is 0 Å². The molecule has 0 amide bonds. The molecule has 11 heteroatoms. The van der Waals surface area contributed by atoms with Gasteiger partial charge >= 0.3 is 17.6 Å². The molecule has 0 atom stereocenters. The number of benzene rings is 3.